The van der Waals surface area contributed by atoms with Crippen LogP contribution in [0.4, 0.5) is 0 Å². The van der Waals surface area contributed by atoms with Gasteiger partial charge in [0.05, 0.1) is 0 Å². The molecule has 0 heterocycles. The molecule has 0 unspecified atom stereocenters. The first-order chi connectivity index (χ1) is 6.61. The second kappa shape index (κ2) is 6.90. The monoisotopic (exact) mass is 186 g/mol. The van der Waals surface area contributed by atoms with Gasteiger partial charge in [0, 0.05) is 0 Å². The molecule has 0 amide bonds. The van der Waals surface area contributed by atoms with Crippen LogP contribution in [0.3, 0.4) is 0 Å². The van der Waals surface area contributed by atoms with Gasteiger partial charge in [0.2, 0.25) is 0 Å². The molecule has 0 saturated heterocycles. The zero-order valence-corrected chi connectivity index (χ0v) is 9.09. The Morgan fingerprint density at radius 1 is 1.00 bits per heavy atom. The fourth-order valence-electron chi connectivity index (χ4n) is 0.727. The fourth-order valence-corrected chi connectivity index (χ4v) is 0.727. The van der Waals surface area contributed by atoms with E-state index in [0.29, 0.717) is 0 Å². The zero-order chi connectivity index (χ0) is 11.0. The van der Waals surface area contributed by atoms with Gasteiger partial charge in [-0.05, 0) is 25.0 Å². The zero-order valence-electron chi connectivity index (χ0n) is 9.09. The molecule has 0 aliphatic heterocycles. The molecule has 0 aromatic heterocycles. The van der Waals surface area contributed by atoms with Crippen molar-refractivity contribution in [3.05, 3.63) is 72.9 Å². The van der Waals surface area contributed by atoms with Crippen molar-refractivity contribution in [1.29, 1.82) is 0 Å². The number of hydrogen-bond donors (Lipinski definition) is 0. The lowest BCUT2D eigenvalue weighted by Gasteiger charge is -1.97. The third kappa shape index (κ3) is 5.15. The van der Waals surface area contributed by atoms with Gasteiger partial charge in [-0.1, -0.05) is 61.8 Å². The van der Waals surface area contributed by atoms with E-state index in [2.05, 4.69) is 19.7 Å². The van der Waals surface area contributed by atoms with Gasteiger partial charge in [-0.25, -0.2) is 0 Å². The lowest BCUT2D eigenvalue weighted by atomic mass is 10.1. The summed E-state index contributed by atoms with van der Waals surface area (Å²) in [5.74, 6) is 0. The van der Waals surface area contributed by atoms with E-state index in [9.17, 15) is 0 Å². The van der Waals surface area contributed by atoms with Crippen LogP contribution in [-0.2, 0) is 0 Å². The van der Waals surface area contributed by atoms with E-state index in [-0.39, 0.29) is 0 Å². The van der Waals surface area contributed by atoms with E-state index in [1.807, 2.05) is 44.2 Å². The highest BCUT2D eigenvalue weighted by Gasteiger charge is 1.89. The molecule has 0 bridgehead atoms. The Morgan fingerprint density at radius 3 is 2.07 bits per heavy atom. The highest BCUT2D eigenvalue weighted by Crippen LogP contribution is 2.09. The van der Waals surface area contributed by atoms with Crippen molar-refractivity contribution in [2.75, 3.05) is 0 Å². The normalized spacial score (nSPS) is 12.3. The van der Waals surface area contributed by atoms with E-state index in [1.165, 1.54) is 5.57 Å². The van der Waals surface area contributed by atoms with Crippen LogP contribution in [0.25, 0.3) is 0 Å². The van der Waals surface area contributed by atoms with Crippen LogP contribution in [0.15, 0.2) is 72.9 Å². The van der Waals surface area contributed by atoms with Crippen molar-refractivity contribution in [2.24, 2.45) is 0 Å². The molecule has 0 radical (unpaired) electrons. The van der Waals surface area contributed by atoms with E-state index >= 15 is 0 Å². The van der Waals surface area contributed by atoms with Gasteiger partial charge in [0.15, 0.2) is 0 Å². The molecule has 0 heteroatoms. The molecule has 0 fully saturated rings. The summed E-state index contributed by atoms with van der Waals surface area (Å²) in [6.45, 7) is 15.5. The van der Waals surface area contributed by atoms with Gasteiger partial charge < -0.3 is 0 Å². The maximum Gasteiger partial charge on any atom is -0.0262 e. The van der Waals surface area contributed by atoms with Crippen molar-refractivity contribution in [1.82, 2.24) is 0 Å². The molecule has 0 aliphatic carbocycles. The first-order valence-electron chi connectivity index (χ1n) is 4.60. The van der Waals surface area contributed by atoms with Crippen LogP contribution in [-0.4, -0.2) is 0 Å². The van der Waals surface area contributed by atoms with E-state index < -0.39 is 0 Å². The number of rotatable bonds is 5. The molecule has 0 aromatic carbocycles. The van der Waals surface area contributed by atoms with Crippen LogP contribution in [0.5, 0.6) is 0 Å². The molecular formula is C14H18. The molecule has 0 aliphatic rings. The van der Waals surface area contributed by atoms with E-state index in [0.717, 1.165) is 11.1 Å². The Labute approximate surface area is 87.3 Å². The minimum Gasteiger partial charge on any atom is -0.0991 e. The van der Waals surface area contributed by atoms with Gasteiger partial charge in [0.1, 0.15) is 0 Å². The highest BCUT2D eigenvalue weighted by molar-refractivity contribution is 5.44. The van der Waals surface area contributed by atoms with Gasteiger partial charge in [-0.3, -0.25) is 0 Å². The number of hydrogen-bond acceptors (Lipinski definition) is 0. The molecule has 0 N–H and O–H groups in total. The summed E-state index contributed by atoms with van der Waals surface area (Å²) >= 11 is 0. The maximum absolute atomic E-state index is 3.91. The topological polar surface area (TPSA) is 0 Å². The lowest BCUT2D eigenvalue weighted by molar-refractivity contribution is 1.46. The first-order valence-corrected chi connectivity index (χ1v) is 4.60. The Hall–Kier alpha value is -1.56. The SMILES string of the molecule is C=C/C=C\C(=C)C(=C)/C=C\C(C)=C/C. The minimum atomic E-state index is 0.907. The Bertz CT molecular complexity index is 309. The van der Waals surface area contributed by atoms with Crippen molar-refractivity contribution < 1.29 is 0 Å². The molecule has 0 atom stereocenters. The van der Waals surface area contributed by atoms with Crippen LogP contribution >= 0.6 is 0 Å². The van der Waals surface area contributed by atoms with Crippen molar-refractivity contribution in [2.45, 2.75) is 13.8 Å². The Kier molecular flexibility index (Phi) is 6.13. The third-order valence-electron chi connectivity index (χ3n) is 1.85. The molecular weight excluding hydrogens is 168 g/mol. The summed E-state index contributed by atoms with van der Waals surface area (Å²) in [4.78, 5) is 0. The Balaban J connectivity index is 4.36. The van der Waals surface area contributed by atoms with Crippen LogP contribution in [0, 0.1) is 0 Å². The molecule has 0 nitrogen and oxygen atoms in total. The summed E-state index contributed by atoms with van der Waals surface area (Å²) in [5, 5.41) is 0. The summed E-state index contributed by atoms with van der Waals surface area (Å²) in [5.41, 5.74) is 3.04. The minimum absolute atomic E-state index is 0.907. The van der Waals surface area contributed by atoms with Crippen molar-refractivity contribution in [3.8, 4) is 0 Å². The molecule has 0 rings (SSSR count). The summed E-state index contributed by atoms with van der Waals surface area (Å²) in [7, 11) is 0. The summed E-state index contributed by atoms with van der Waals surface area (Å²) in [6.07, 6.45) is 11.5. The molecule has 0 saturated carbocycles. The predicted molar refractivity (Wildman–Crippen MR) is 66.2 cm³/mol. The molecule has 74 valence electrons. The van der Waals surface area contributed by atoms with Crippen LogP contribution in [0.2, 0.25) is 0 Å². The molecule has 0 aromatic rings. The lowest BCUT2D eigenvalue weighted by Crippen LogP contribution is -1.78. The average Bonchev–Trinajstić information content (AvgIpc) is 2.21. The van der Waals surface area contributed by atoms with Gasteiger partial charge in [-0.2, -0.15) is 0 Å². The van der Waals surface area contributed by atoms with E-state index in [4.69, 9.17) is 0 Å². The summed E-state index contributed by atoms with van der Waals surface area (Å²) < 4.78 is 0. The molecule has 14 heavy (non-hydrogen) atoms. The van der Waals surface area contributed by atoms with Crippen LogP contribution in [0.1, 0.15) is 13.8 Å². The van der Waals surface area contributed by atoms with Crippen molar-refractivity contribution >= 4 is 0 Å². The summed E-state index contributed by atoms with van der Waals surface area (Å²) in [6, 6.07) is 0. The third-order valence-corrected chi connectivity index (χ3v) is 1.85. The number of allylic oxidation sites excluding steroid dienone is 9. The van der Waals surface area contributed by atoms with Gasteiger partial charge in [0.25, 0.3) is 0 Å². The highest BCUT2D eigenvalue weighted by atomic mass is 13.9. The second-order valence-corrected chi connectivity index (χ2v) is 3.01. The fraction of sp³-hybridized carbons (Fsp3) is 0.143. The van der Waals surface area contributed by atoms with E-state index in [1.54, 1.807) is 6.08 Å². The standard InChI is InChI=1S/C14H18/c1-6-8-9-13(4)14(5)11-10-12(3)7-2/h6-11H,1,4-5H2,2-3H3/b9-8-,11-10-,12-7-. The average molecular weight is 186 g/mol. The van der Waals surface area contributed by atoms with Crippen molar-refractivity contribution in [3.63, 3.8) is 0 Å². The quantitative estimate of drug-likeness (QED) is 0.559. The first kappa shape index (κ1) is 12.4. The predicted octanol–water partition coefficient (Wildman–Crippen LogP) is 4.36. The maximum atomic E-state index is 3.91. The smallest absolute Gasteiger partial charge is 0.0262 e. The largest absolute Gasteiger partial charge is 0.0991 e. The van der Waals surface area contributed by atoms with Gasteiger partial charge in [-0.15, -0.1) is 0 Å². The van der Waals surface area contributed by atoms with Gasteiger partial charge >= 0.3 is 0 Å². The van der Waals surface area contributed by atoms with Crippen LogP contribution < -0.4 is 0 Å². The second-order valence-electron chi connectivity index (χ2n) is 3.01. The molecule has 0 spiro atoms. The Morgan fingerprint density at radius 2 is 1.57 bits per heavy atom.